The van der Waals surface area contributed by atoms with Crippen LogP contribution in [0.25, 0.3) is 0 Å². The summed E-state index contributed by atoms with van der Waals surface area (Å²) in [5.74, 6) is 0.650. The van der Waals surface area contributed by atoms with Crippen LogP contribution < -0.4 is 5.32 Å². The van der Waals surface area contributed by atoms with Crippen LogP contribution in [0, 0.1) is 5.92 Å². The van der Waals surface area contributed by atoms with E-state index in [0.717, 1.165) is 31.8 Å². The molecule has 0 radical (unpaired) electrons. The van der Waals surface area contributed by atoms with Crippen LogP contribution in [0.5, 0.6) is 0 Å². The monoisotopic (exact) mass is 240 g/mol. The summed E-state index contributed by atoms with van der Waals surface area (Å²) in [7, 11) is 0. The molecule has 2 aliphatic heterocycles. The molecule has 2 rings (SSSR count). The Bertz CT molecular complexity index is 220. The van der Waals surface area contributed by atoms with E-state index in [-0.39, 0.29) is 0 Å². The summed E-state index contributed by atoms with van der Waals surface area (Å²) in [6.45, 7) is 9.81. The molecule has 3 heteroatoms. The average molecular weight is 240 g/mol. The molecule has 100 valence electrons. The maximum absolute atomic E-state index is 5.60. The molecule has 2 saturated heterocycles. The Morgan fingerprint density at radius 1 is 1.29 bits per heavy atom. The lowest BCUT2D eigenvalue weighted by Gasteiger charge is -2.35. The van der Waals surface area contributed by atoms with E-state index in [1.165, 1.54) is 38.8 Å². The Morgan fingerprint density at radius 2 is 2.18 bits per heavy atom. The predicted molar refractivity (Wildman–Crippen MR) is 71.3 cm³/mol. The SMILES string of the molecule is CC(C)COCCNC1CCN2CCCC2C1. The summed E-state index contributed by atoms with van der Waals surface area (Å²) in [5, 5.41) is 3.66. The van der Waals surface area contributed by atoms with Gasteiger partial charge in [0.05, 0.1) is 6.61 Å². The number of nitrogens with one attached hydrogen (secondary N) is 1. The van der Waals surface area contributed by atoms with Crippen LogP contribution >= 0.6 is 0 Å². The molecule has 2 fully saturated rings. The van der Waals surface area contributed by atoms with Gasteiger partial charge in [-0.15, -0.1) is 0 Å². The third-order valence-corrected chi connectivity index (χ3v) is 3.95. The van der Waals surface area contributed by atoms with Crippen LogP contribution in [0.2, 0.25) is 0 Å². The van der Waals surface area contributed by atoms with Gasteiger partial charge in [0.15, 0.2) is 0 Å². The Labute approximate surface area is 106 Å². The number of hydrogen-bond acceptors (Lipinski definition) is 3. The van der Waals surface area contributed by atoms with Crippen molar-refractivity contribution in [1.82, 2.24) is 10.2 Å². The number of hydrogen-bond donors (Lipinski definition) is 1. The summed E-state index contributed by atoms with van der Waals surface area (Å²) in [4.78, 5) is 2.67. The quantitative estimate of drug-likeness (QED) is 0.717. The highest BCUT2D eigenvalue weighted by molar-refractivity contribution is 4.89. The van der Waals surface area contributed by atoms with Gasteiger partial charge in [-0.3, -0.25) is 0 Å². The Balaban J connectivity index is 1.54. The number of piperidine rings is 1. The lowest BCUT2D eigenvalue weighted by molar-refractivity contribution is 0.104. The Morgan fingerprint density at radius 3 is 3.00 bits per heavy atom. The second-order valence-electron chi connectivity index (χ2n) is 5.98. The largest absolute Gasteiger partial charge is 0.380 e. The van der Waals surface area contributed by atoms with Gasteiger partial charge in [-0.1, -0.05) is 13.8 Å². The fourth-order valence-electron chi connectivity index (χ4n) is 3.06. The molecule has 0 aromatic carbocycles. The minimum atomic E-state index is 0.650. The lowest BCUT2D eigenvalue weighted by atomic mass is 9.98. The Hall–Kier alpha value is -0.120. The van der Waals surface area contributed by atoms with E-state index < -0.39 is 0 Å². The first-order valence-electron chi connectivity index (χ1n) is 7.31. The Kier molecular flexibility index (Phi) is 5.26. The van der Waals surface area contributed by atoms with Gasteiger partial charge in [0.25, 0.3) is 0 Å². The number of rotatable bonds is 6. The predicted octanol–water partition coefficient (Wildman–Crippen LogP) is 1.88. The summed E-state index contributed by atoms with van der Waals surface area (Å²) in [6, 6.07) is 1.61. The minimum absolute atomic E-state index is 0.650. The molecule has 2 atom stereocenters. The normalized spacial score (nSPS) is 29.8. The first kappa shape index (κ1) is 13.3. The fourth-order valence-corrected chi connectivity index (χ4v) is 3.06. The molecular formula is C14H28N2O. The first-order chi connectivity index (χ1) is 8.25. The summed E-state index contributed by atoms with van der Waals surface area (Å²) < 4.78 is 5.60. The highest BCUT2D eigenvalue weighted by Crippen LogP contribution is 2.26. The van der Waals surface area contributed by atoms with Gasteiger partial charge in [0.2, 0.25) is 0 Å². The standard InChI is InChI=1S/C14H28N2O/c1-12(2)11-17-9-6-15-13-5-8-16-7-3-4-14(16)10-13/h12-15H,3-11H2,1-2H3. The van der Waals surface area contributed by atoms with Crippen LogP contribution in [0.1, 0.15) is 39.5 Å². The molecule has 2 unspecified atom stereocenters. The number of fused-ring (bicyclic) bond motifs is 1. The van der Waals surface area contributed by atoms with E-state index in [9.17, 15) is 0 Å². The van der Waals surface area contributed by atoms with Crippen LogP contribution in [0.4, 0.5) is 0 Å². The van der Waals surface area contributed by atoms with Crippen LogP contribution in [-0.2, 0) is 4.74 Å². The maximum Gasteiger partial charge on any atom is 0.0591 e. The zero-order chi connectivity index (χ0) is 12.1. The van der Waals surface area contributed by atoms with Crippen molar-refractivity contribution in [3.8, 4) is 0 Å². The third-order valence-electron chi connectivity index (χ3n) is 3.95. The number of ether oxygens (including phenoxy) is 1. The van der Waals surface area contributed by atoms with E-state index in [1.54, 1.807) is 0 Å². The zero-order valence-corrected chi connectivity index (χ0v) is 11.5. The van der Waals surface area contributed by atoms with Gasteiger partial charge >= 0.3 is 0 Å². The molecule has 1 N–H and O–H groups in total. The van der Waals surface area contributed by atoms with E-state index in [1.807, 2.05) is 0 Å². The van der Waals surface area contributed by atoms with Gasteiger partial charge in [0, 0.05) is 25.2 Å². The van der Waals surface area contributed by atoms with Gasteiger partial charge in [0.1, 0.15) is 0 Å². The van der Waals surface area contributed by atoms with Crippen LogP contribution in [-0.4, -0.2) is 49.8 Å². The molecule has 0 aromatic rings. The smallest absolute Gasteiger partial charge is 0.0591 e. The molecule has 0 aliphatic carbocycles. The number of nitrogens with zero attached hydrogens (tertiary/aromatic N) is 1. The van der Waals surface area contributed by atoms with Crippen LogP contribution in [0.15, 0.2) is 0 Å². The van der Waals surface area contributed by atoms with Crippen LogP contribution in [0.3, 0.4) is 0 Å². The minimum Gasteiger partial charge on any atom is -0.380 e. The van der Waals surface area contributed by atoms with Gasteiger partial charge in [-0.2, -0.15) is 0 Å². The van der Waals surface area contributed by atoms with Crippen molar-refractivity contribution < 1.29 is 4.74 Å². The molecule has 0 bridgehead atoms. The molecule has 0 saturated carbocycles. The first-order valence-corrected chi connectivity index (χ1v) is 7.31. The van der Waals surface area contributed by atoms with Gasteiger partial charge in [-0.25, -0.2) is 0 Å². The molecule has 0 amide bonds. The molecule has 2 heterocycles. The lowest BCUT2D eigenvalue weighted by Crippen LogP contribution is -2.46. The van der Waals surface area contributed by atoms with Crippen molar-refractivity contribution in [2.24, 2.45) is 5.92 Å². The second kappa shape index (κ2) is 6.72. The van der Waals surface area contributed by atoms with Crippen molar-refractivity contribution in [2.45, 2.75) is 51.6 Å². The van der Waals surface area contributed by atoms with E-state index in [4.69, 9.17) is 4.74 Å². The molecule has 2 aliphatic rings. The molecule has 0 spiro atoms. The van der Waals surface area contributed by atoms with Crippen molar-refractivity contribution in [3.05, 3.63) is 0 Å². The molecule has 3 nitrogen and oxygen atoms in total. The summed E-state index contributed by atoms with van der Waals surface area (Å²) >= 11 is 0. The van der Waals surface area contributed by atoms with Crippen molar-refractivity contribution in [1.29, 1.82) is 0 Å². The summed E-state index contributed by atoms with van der Waals surface area (Å²) in [5.41, 5.74) is 0. The highest BCUT2D eigenvalue weighted by Gasteiger charge is 2.31. The third kappa shape index (κ3) is 4.23. The highest BCUT2D eigenvalue weighted by atomic mass is 16.5. The molecule has 17 heavy (non-hydrogen) atoms. The zero-order valence-electron chi connectivity index (χ0n) is 11.5. The fraction of sp³-hybridized carbons (Fsp3) is 1.00. The van der Waals surface area contributed by atoms with E-state index in [2.05, 4.69) is 24.1 Å². The molecular weight excluding hydrogens is 212 g/mol. The van der Waals surface area contributed by atoms with E-state index >= 15 is 0 Å². The summed E-state index contributed by atoms with van der Waals surface area (Å²) in [6.07, 6.45) is 5.50. The average Bonchev–Trinajstić information content (AvgIpc) is 2.75. The van der Waals surface area contributed by atoms with Crippen molar-refractivity contribution in [3.63, 3.8) is 0 Å². The van der Waals surface area contributed by atoms with E-state index in [0.29, 0.717) is 5.92 Å². The molecule has 0 aromatic heterocycles. The second-order valence-corrected chi connectivity index (χ2v) is 5.98. The maximum atomic E-state index is 5.60. The van der Waals surface area contributed by atoms with Crippen molar-refractivity contribution >= 4 is 0 Å². The van der Waals surface area contributed by atoms with Gasteiger partial charge < -0.3 is 15.0 Å². The van der Waals surface area contributed by atoms with Crippen molar-refractivity contribution in [2.75, 3.05) is 32.8 Å². The van der Waals surface area contributed by atoms with Gasteiger partial charge in [-0.05, 0) is 44.7 Å². The topological polar surface area (TPSA) is 24.5 Å².